The van der Waals surface area contributed by atoms with Crippen LogP contribution in [-0.2, 0) is 0 Å². The summed E-state index contributed by atoms with van der Waals surface area (Å²) >= 11 is 0. The van der Waals surface area contributed by atoms with Crippen LogP contribution in [0.3, 0.4) is 0 Å². The summed E-state index contributed by atoms with van der Waals surface area (Å²) in [6, 6.07) is -0.0787. The number of rotatable bonds is 2. The van der Waals surface area contributed by atoms with Crippen molar-refractivity contribution in [3.63, 3.8) is 0 Å². The molecular weight excluding hydrogens is 221 g/mol. The van der Waals surface area contributed by atoms with Gasteiger partial charge in [-0.1, -0.05) is 5.16 Å². The molecule has 4 nitrogen and oxygen atoms in total. The Morgan fingerprint density at radius 1 is 1.40 bits per heavy atom. The predicted molar refractivity (Wildman–Crippen MR) is 53.8 cm³/mol. The topological polar surface area (TPSA) is 51.0 Å². The fourth-order valence-electron chi connectivity index (χ4n) is 1.78. The third kappa shape index (κ3) is 2.13. The van der Waals surface area contributed by atoms with Gasteiger partial charge in [-0.3, -0.25) is 0 Å². The van der Waals surface area contributed by atoms with Crippen molar-refractivity contribution in [2.45, 2.75) is 37.4 Å². The van der Waals surface area contributed by atoms with Gasteiger partial charge in [0.1, 0.15) is 6.17 Å². The van der Waals surface area contributed by atoms with Gasteiger partial charge in [0.2, 0.25) is 5.89 Å². The van der Waals surface area contributed by atoms with E-state index >= 15 is 0 Å². The number of hydrogen-bond donors (Lipinski definition) is 1. The Morgan fingerprint density at radius 2 is 2.20 bits per heavy atom. The predicted octanol–water partition coefficient (Wildman–Crippen LogP) is 1.74. The second kappa shape index (κ2) is 4.06. The first kappa shape index (κ1) is 10.8. The van der Waals surface area contributed by atoms with Crippen molar-refractivity contribution in [1.82, 2.24) is 15.5 Å². The van der Waals surface area contributed by atoms with Crippen LogP contribution in [0.25, 0.3) is 0 Å². The molecular formula is C9H13ClFN3O. The van der Waals surface area contributed by atoms with Crippen LogP contribution in [-0.4, -0.2) is 22.9 Å². The van der Waals surface area contributed by atoms with Gasteiger partial charge in [-0.15, -0.1) is 12.4 Å². The van der Waals surface area contributed by atoms with E-state index < -0.39 is 6.17 Å². The molecule has 0 radical (unpaired) electrons. The summed E-state index contributed by atoms with van der Waals surface area (Å²) in [6.45, 7) is 0.395. The van der Waals surface area contributed by atoms with Crippen molar-refractivity contribution in [1.29, 1.82) is 0 Å². The molecule has 2 unspecified atom stereocenters. The first-order valence-electron chi connectivity index (χ1n) is 5.04. The fourth-order valence-corrected chi connectivity index (χ4v) is 1.78. The number of hydrogen-bond acceptors (Lipinski definition) is 4. The largest absolute Gasteiger partial charge is 0.338 e. The molecule has 1 aromatic heterocycles. The average molecular weight is 234 g/mol. The molecule has 6 heteroatoms. The third-order valence-electron chi connectivity index (χ3n) is 2.78. The van der Waals surface area contributed by atoms with Crippen LogP contribution in [0.2, 0.25) is 0 Å². The van der Waals surface area contributed by atoms with Crippen molar-refractivity contribution < 1.29 is 8.91 Å². The highest BCUT2D eigenvalue weighted by molar-refractivity contribution is 5.85. The minimum Gasteiger partial charge on any atom is -0.338 e. The van der Waals surface area contributed by atoms with Crippen LogP contribution in [0.15, 0.2) is 4.52 Å². The maximum Gasteiger partial charge on any atom is 0.243 e. The van der Waals surface area contributed by atoms with E-state index in [1.807, 2.05) is 0 Å². The van der Waals surface area contributed by atoms with Gasteiger partial charge in [-0.2, -0.15) is 4.98 Å². The summed E-state index contributed by atoms with van der Waals surface area (Å²) in [7, 11) is 0. The SMILES string of the molecule is Cl.FC1CNC(c2nc(C3CC3)no2)C1. The first-order chi connectivity index (χ1) is 6.83. The Bertz CT molecular complexity index is 342. The van der Waals surface area contributed by atoms with Crippen molar-refractivity contribution in [2.75, 3.05) is 6.54 Å². The smallest absolute Gasteiger partial charge is 0.243 e. The Kier molecular flexibility index (Phi) is 2.93. The van der Waals surface area contributed by atoms with Gasteiger partial charge in [0.15, 0.2) is 5.82 Å². The van der Waals surface area contributed by atoms with E-state index in [1.165, 1.54) is 0 Å². The van der Waals surface area contributed by atoms with Crippen molar-refractivity contribution >= 4 is 12.4 Å². The molecule has 0 spiro atoms. The normalized spacial score (nSPS) is 30.2. The van der Waals surface area contributed by atoms with E-state index in [0.717, 1.165) is 18.7 Å². The van der Waals surface area contributed by atoms with E-state index in [4.69, 9.17) is 4.52 Å². The molecule has 3 rings (SSSR count). The Hall–Kier alpha value is -0.680. The summed E-state index contributed by atoms with van der Waals surface area (Å²) in [5.41, 5.74) is 0. The standard InChI is InChI=1S/C9H12FN3O.ClH/c10-6-3-7(11-4-6)9-12-8(13-14-9)5-1-2-5;/h5-7,11H,1-4H2;1H. The lowest BCUT2D eigenvalue weighted by Gasteiger charge is -2.00. The lowest BCUT2D eigenvalue weighted by molar-refractivity contribution is 0.322. The van der Waals surface area contributed by atoms with Gasteiger partial charge in [-0.05, 0) is 12.8 Å². The molecule has 1 aromatic rings. The molecule has 0 bridgehead atoms. The van der Waals surface area contributed by atoms with E-state index in [0.29, 0.717) is 24.8 Å². The molecule has 15 heavy (non-hydrogen) atoms. The van der Waals surface area contributed by atoms with Gasteiger partial charge in [0.05, 0.1) is 6.04 Å². The molecule has 2 atom stereocenters. The summed E-state index contributed by atoms with van der Waals surface area (Å²) in [4.78, 5) is 4.28. The van der Waals surface area contributed by atoms with Crippen LogP contribution in [0.5, 0.6) is 0 Å². The van der Waals surface area contributed by atoms with Crippen LogP contribution >= 0.6 is 12.4 Å². The maximum absolute atomic E-state index is 12.9. The van der Waals surface area contributed by atoms with Crippen molar-refractivity contribution in [2.24, 2.45) is 0 Å². The minimum absolute atomic E-state index is 0. The second-order valence-electron chi connectivity index (χ2n) is 4.06. The van der Waals surface area contributed by atoms with Gasteiger partial charge < -0.3 is 9.84 Å². The van der Waals surface area contributed by atoms with Gasteiger partial charge in [0, 0.05) is 18.9 Å². The van der Waals surface area contributed by atoms with Crippen molar-refractivity contribution in [3.05, 3.63) is 11.7 Å². The molecule has 1 aliphatic heterocycles. The molecule has 1 saturated carbocycles. The van der Waals surface area contributed by atoms with E-state index in [2.05, 4.69) is 15.5 Å². The van der Waals surface area contributed by atoms with Crippen molar-refractivity contribution in [3.8, 4) is 0 Å². The number of nitrogens with zero attached hydrogens (tertiary/aromatic N) is 2. The second-order valence-corrected chi connectivity index (χ2v) is 4.06. The van der Waals surface area contributed by atoms with Crippen LogP contribution in [0, 0.1) is 0 Å². The van der Waals surface area contributed by atoms with Crippen LogP contribution in [0.4, 0.5) is 4.39 Å². The molecule has 2 heterocycles. The molecule has 1 aliphatic carbocycles. The summed E-state index contributed by atoms with van der Waals surface area (Å²) in [6.07, 6.45) is 1.98. The summed E-state index contributed by atoms with van der Waals surface area (Å²) < 4.78 is 18.0. The minimum atomic E-state index is -0.781. The molecule has 84 valence electrons. The zero-order valence-corrected chi connectivity index (χ0v) is 8.97. The highest BCUT2D eigenvalue weighted by Gasteiger charge is 2.33. The molecule has 1 N–H and O–H groups in total. The number of nitrogens with one attached hydrogen (secondary N) is 1. The maximum atomic E-state index is 12.9. The van der Waals surface area contributed by atoms with Crippen LogP contribution in [0.1, 0.15) is 42.9 Å². The lowest BCUT2D eigenvalue weighted by atomic mass is 10.2. The van der Waals surface area contributed by atoms with E-state index in [1.54, 1.807) is 0 Å². The van der Waals surface area contributed by atoms with Gasteiger partial charge in [-0.25, -0.2) is 4.39 Å². The number of halogens is 2. The quantitative estimate of drug-likeness (QED) is 0.846. The zero-order valence-electron chi connectivity index (χ0n) is 8.15. The number of alkyl halides is 1. The molecule has 0 aromatic carbocycles. The Balaban J connectivity index is 0.000000853. The first-order valence-corrected chi connectivity index (χ1v) is 5.04. The number of aromatic nitrogens is 2. The van der Waals surface area contributed by atoms with Crippen LogP contribution < -0.4 is 5.32 Å². The monoisotopic (exact) mass is 233 g/mol. The zero-order chi connectivity index (χ0) is 9.54. The molecule has 1 saturated heterocycles. The van der Waals surface area contributed by atoms with Gasteiger partial charge in [0.25, 0.3) is 0 Å². The van der Waals surface area contributed by atoms with E-state index in [-0.39, 0.29) is 18.4 Å². The summed E-state index contributed by atoms with van der Waals surface area (Å²) in [5, 5.41) is 6.92. The lowest BCUT2D eigenvalue weighted by Crippen LogP contribution is -2.14. The molecule has 0 amide bonds. The average Bonchev–Trinajstić information content (AvgIpc) is 2.76. The highest BCUT2D eigenvalue weighted by Crippen LogP contribution is 2.38. The fraction of sp³-hybridized carbons (Fsp3) is 0.778. The molecule has 2 aliphatic rings. The Morgan fingerprint density at radius 3 is 2.80 bits per heavy atom. The third-order valence-corrected chi connectivity index (χ3v) is 2.78. The van der Waals surface area contributed by atoms with E-state index in [9.17, 15) is 4.39 Å². The Labute approximate surface area is 93.0 Å². The molecule has 2 fully saturated rings. The summed E-state index contributed by atoms with van der Waals surface area (Å²) in [5.74, 6) is 1.84. The van der Waals surface area contributed by atoms with Gasteiger partial charge >= 0.3 is 0 Å². The highest BCUT2D eigenvalue weighted by atomic mass is 35.5.